The molecule has 2 aromatic carbocycles. The minimum atomic E-state index is -0.732. The molecule has 2 N–H and O–H groups in total. The molecule has 0 aromatic heterocycles. The highest BCUT2D eigenvalue weighted by Crippen LogP contribution is 2.50. The summed E-state index contributed by atoms with van der Waals surface area (Å²) < 4.78 is 5.32. The molecule has 160 valence electrons. The second-order valence-corrected chi connectivity index (χ2v) is 8.65. The van der Waals surface area contributed by atoms with Gasteiger partial charge >= 0.3 is 0 Å². The van der Waals surface area contributed by atoms with Gasteiger partial charge in [-0.3, -0.25) is 4.79 Å². The highest BCUT2D eigenvalue weighted by atomic mass is 16.5. The normalized spacial score (nSPS) is 26.1. The number of phenols is 1. The van der Waals surface area contributed by atoms with Crippen molar-refractivity contribution in [2.45, 2.75) is 56.6 Å². The van der Waals surface area contributed by atoms with Gasteiger partial charge in [0.2, 0.25) is 5.91 Å². The topological polar surface area (TPSA) is 70.0 Å². The van der Waals surface area contributed by atoms with Crippen molar-refractivity contribution in [3.05, 3.63) is 59.7 Å². The molecule has 0 spiro atoms. The van der Waals surface area contributed by atoms with E-state index in [-0.39, 0.29) is 23.6 Å². The molecule has 5 heteroatoms. The maximum absolute atomic E-state index is 13.3. The highest BCUT2D eigenvalue weighted by molar-refractivity contribution is 5.77. The maximum atomic E-state index is 13.3. The van der Waals surface area contributed by atoms with Crippen LogP contribution in [-0.2, 0) is 11.2 Å². The van der Waals surface area contributed by atoms with Crippen LogP contribution in [0.5, 0.6) is 11.5 Å². The fourth-order valence-corrected chi connectivity index (χ4v) is 5.29. The number of piperidine rings is 1. The molecule has 2 aromatic rings. The summed E-state index contributed by atoms with van der Waals surface area (Å²) in [6.07, 6.45) is 5.55. The number of benzene rings is 2. The molecular weight excluding hydrogens is 378 g/mol. The van der Waals surface area contributed by atoms with E-state index in [4.69, 9.17) is 4.74 Å². The minimum absolute atomic E-state index is 0.00470. The van der Waals surface area contributed by atoms with Crippen LogP contribution in [-0.4, -0.2) is 40.3 Å². The molecule has 1 aliphatic heterocycles. The van der Waals surface area contributed by atoms with Gasteiger partial charge in [-0.1, -0.05) is 49.2 Å². The third-order valence-corrected chi connectivity index (χ3v) is 6.90. The van der Waals surface area contributed by atoms with E-state index in [2.05, 4.69) is 0 Å². The molecule has 2 fully saturated rings. The Balaban J connectivity index is 1.63. The molecule has 2 aliphatic rings. The number of nitrogens with zero attached hydrogens (tertiary/aromatic N) is 1. The predicted molar refractivity (Wildman–Crippen MR) is 115 cm³/mol. The number of methoxy groups -OCH3 is 1. The van der Waals surface area contributed by atoms with Crippen molar-refractivity contribution < 1.29 is 19.7 Å². The number of ether oxygens (including phenoxy) is 1. The molecule has 4 rings (SSSR count). The second-order valence-electron chi connectivity index (χ2n) is 8.65. The lowest BCUT2D eigenvalue weighted by Gasteiger charge is -2.52. The van der Waals surface area contributed by atoms with Crippen LogP contribution in [0, 0.1) is 5.92 Å². The van der Waals surface area contributed by atoms with E-state index in [1.165, 1.54) is 7.11 Å². The Morgan fingerprint density at radius 3 is 2.73 bits per heavy atom. The lowest BCUT2D eigenvalue weighted by Crippen LogP contribution is -2.56. The molecule has 1 amide bonds. The van der Waals surface area contributed by atoms with Crippen LogP contribution in [0.4, 0.5) is 0 Å². The van der Waals surface area contributed by atoms with Gasteiger partial charge in [0, 0.05) is 18.9 Å². The van der Waals surface area contributed by atoms with Crippen molar-refractivity contribution in [3.8, 4) is 11.5 Å². The molecular formula is C25H31NO4. The number of hydrogen-bond acceptors (Lipinski definition) is 4. The average Bonchev–Trinajstić information content (AvgIpc) is 2.77. The molecule has 3 atom stereocenters. The Hall–Kier alpha value is -2.53. The van der Waals surface area contributed by atoms with Crippen molar-refractivity contribution in [2.24, 2.45) is 5.92 Å². The zero-order valence-electron chi connectivity index (χ0n) is 17.6. The van der Waals surface area contributed by atoms with Gasteiger partial charge in [0.1, 0.15) is 0 Å². The number of carbonyl (C=O) groups is 1. The van der Waals surface area contributed by atoms with Crippen LogP contribution in [0.2, 0.25) is 0 Å². The first-order chi connectivity index (χ1) is 14.5. The van der Waals surface area contributed by atoms with Gasteiger partial charge in [0.05, 0.1) is 18.8 Å². The van der Waals surface area contributed by atoms with Gasteiger partial charge < -0.3 is 19.8 Å². The van der Waals surface area contributed by atoms with Crippen molar-refractivity contribution in [3.63, 3.8) is 0 Å². The Kier molecular flexibility index (Phi) is 6.00. The smallest absolute Gasteiger partial charge is 0.223 e. The molecule has 5 nitrogen and oxygen atoms in total. The number of amides is 1. The monoisotopic (exact) mass is 409 g/mol. The number of carbonyl (C=O) groups excluding carboxylic acids is 1. The quantitative estimate of drug-likeness (QED) is 0.775. The van der Waals surface area contributed by atoms with E-state index in [1.807, 2.05) is 47.4 Å². The summed E-state index contributed by atoms with van der Waals surface area (Å²) in [5.41, 5.74) is 1.34. The number of aryl methyl sites for hydroxylation is 1. The number of rotatable bonds is 5. The molecule has 0 radical (unpaired) electrons. The fraction of sp³-hybridized carbons (Fsp3) is 0.480. The lowest BCUT2D eigenvalue weighted by atomic mass is 9.66. The summed E-state index contributed by atoms with van der Waals surface area (Å²) in [5, 5.41) is 21.4. The Labute approximate surface area is 178 Å². The van der Waals surface area contributed by atoms with E-state index in [0.29, 0.717) is 31.6 Å². The SMILES string of the molecule is COc1cc([C@@H]2[C@@H]3CCCC[C@@]3(O)CCN2C(=O)CCc2ccccc2)ccc1O. The molecule has 1 saturated carbocycles. The molecule has 1 aliphatic carbocycles. The number of fused-ring (bicyclic) bond motifs is 1. The number of aliphatic hydroxyl groups is 1. The van der Waals surface area contributed by atoms with Crippen LogP contribution < -0.4 is 4.74 Å². The fourth-order valence-electron chi connectivity index (χ4n) is 5.29. The van der Waals surface area contributed by atoms with Crippen LogP contribution in [0.3, 0.4) is 0 Å². The molecule has 1 heterocycles. The molecule has 0 bridgehead atoms. The van der Waals surface area contributed by atoms with E-state index in [1.54, 1.807) is 6.07 Å². The first-order valence-corrected chi connectivity index (χ1v) is 10.9. The van der Waals surface area contributed by atoms with Crippen LogP contribution >= 0.6 is 0 Å². The Bertz CT molecular complexity index is 884. The zero-order valence-corrected chi connectivity index (χ0v) is 17.6. The van der Waals surface area contributed by atoms with E-state index in [9.17, 15) is 15.0 Å². The van der Waals surface area contributed by atoms with Crippen LogP contribution in [0.25, 0.3) is 0 Å². The third kappa shape index (κ3) is 4.04. The minimum Gasteiger partial charge on any atom is -0.504 e. The van der Waals surface area contributed by atoms with Gasteiger partial charge in [0.25, 0.3) is 0 Å². The first-order valence-electron chi connectivity index (χ1n) is 10.9. The second kappa shape index (κ2) is 8.68. The summed E-state index contributed by atoms with van der Waals surface area (Å²) in [7, 11) is 1.53. The summed E-state index contributed by atoms with van der Waals surface area (Å²) in [6.45, 7) is 0.550. The van der Waals surface area contributed by atoms with E-state index >= 15 is 0 Å². The van der Waals surface area contributed by atoms with E-state index in [0.717, 1.165) is 36.8 Å². The van der Waals surface area contributed by atoms with Crippen LogP contribution in [0.15, 0.2) is 48.5 Å². The van der Waals surface area contributed by atoms with Crippen molar-refractivity contribution in [1.29, 1.82) is 0 Å². The Morgan fingerprint density at radius 1 is 1.17 bits per heavy atom. The number of aromatic hydroxyl groups is 1. The summed E-state index contributed by atoms with van der Waals surface area (Å²) in [5.74, 6) is 0.588. The summed E-state index contributed by atoms with van der Waals surface area (Å²) in [4.78, 5) is 15.3. The summed E-state index contributed by atoms with van der Waals surface area (Å²) >= 11 is 0. The van der Waals surface area contributed by atoms with Crippen LogP contribution in [0.1, 0.15) is 55.7 Å². The number of phenolic OH excluding ortho intramolecular Hbond substituents is 1. The van der Waals surface area contributed by atoms with Gasteiger partial charge in [-0.15, -0.1) is 0 Å². The lowest BCUT2D eigenvalue weighted by molar-refractivity contribution is -0.155. The number of likely N-dealkylation sites (tertiary alicyclic amines) is 1. The molecule has 30 heavy (non-hydrogen) atoms. The Morgan fingerprint density at radius 2 is 1.97 bits per heavy atom. The average molecular weight is 410 g/mol. The van der Waals surface area contributed by atoms with Gasteiger partial charge in [0.15, 0.2) is 11.5 Å². The molecule has 0 unspecified atom stereocenters. The van der Waals surface area contributed by atoms with Crippen molar-refractivity contribution in [1.82, 2.24) is 4.90 Å². The van der Waals surface area contributed by atoms with Gasteiger partial charge in [-0.05, 0) is 48.9 Å². The largest absolute Gasteiger partial charge is 0.504 e. The zero-order chi connectivity index (χ0) is 21.1. The summed E-state index contributed by atoms with van der Waals surface area (Å²) in [6, 6.07) is 15.2. The van der Waals surface area contributed by atoms with Gasteiger partial charge in [-0.25, -0.2) is 0 Å². The first kappa shape index (κ1) is 20.7. The third-order valence-electron chi connectivity index (χ3n) is 6.90. The van der Waals surface area contributed by atoms with Crippen molar-refractivity contribution >= 4 is 5.91 Å². The predicted octanol–water partition coefficient (Wildman–Crippen LogP) is 4.23. The van der Waals surface area contributed by atoms with E-state index < -0.39 is 5.60 Å². The highest BCUT2D eigenvalue weighted by Gasteiger charge is 2.50. The maximum Gasteiger partial charge on any atom is 0.223 e. The molecule has 1 saturated heterocycles. The standard InChI is InChI=1S/C25H31NO4/c1-30-22-17-19(11-12-21(22)27)24-20-9-5-6-14-25(20,29)15-16-26(24)23(28)13-10-18-7-3-2-4-8-18/h2-4,7-8,11-12,17,20,24,27,29H,5-6,9-10,13-16H2,1H3/t20-,24+,25+/m0/s1. The van der Waals surface area contributed by atoms with Gasteiger partial charge in [-0.2, -0.15) is 0 Å². The number of hydrogen-bond donors (Lipinski definition) is 2. The van der Waals surface area contributed by atoms with Crippen molar-refractivity contribution in [2.75, 3.05) is 13.7 Å².